The van der Waals surface area contributed by atoms with E-state index in [-0.39, 0.29) is 0 Å². The number of fused-ring (bicyclic) bond motifs is 7. The number of nitrogens with zero attached hydrogens (tertiary/aromatic N) is 2. The number of para-hydroxylation sites is 3. The van der Waals surface area contributed by atoms with Gasteiger partial charge in [0.1, 0.15) is 0 Å². The Labute approximate surface area is 211 Å². The van der Waals surface area contributed by atoms with E-state index in [0.717, 1.165) is 6.42 Å². The van der Waals surface area contributed by atoms with Gasteiger partial charge in [-0.3, -0.25) is 0 Å². The summed E-state index contributed by atoms with van der Waals surface area (Å²) in [6, 6.07) is 42.1. The standard InChI is InChI=1S/C34H28N2/c1-3-23(2)24-17-19-26(20-18-24)36-30-15-9-7-13-27(30)28-21-22-32-33(34(28)36)29-14-8-10-16-31(29)35(32)25-11-5-4-6-12-25/h4-23H,3H2,1-2H3. The lowest BCUT2D eigenvalue weighted by atomic mass is 9.98. The molecule has 0 aliphatic carbocycles. The van der Waals surface area contributed by atoms with Crippen molar-refractivity contribution < 1.29 is 0 Å². The van der Waals surface area contributed by atoms with Crippen LogP contribution in [0.4, 0.5) is 0 Å². The van der Waals surface area contributed by atoms with Crippen molar-refractivity contribution in [2.75, 3.05) is 0 Å². The summed E-state index contributed by atoms with van der Waals surface area (Å²) in [5.74, 6) is 0.563. The largest absolute Gasteiger partial charge is 0.309 e. The van der Waals surface area contributed by atoms with Crippen LogP contribution in [0.1, 0.15) is 31.7 Å². The van der Waals surface area contributed by atoms with E-state index >= 15 is 0 Å². The van der Waals surface area contributed by atoms with Crippen LogP contribution in [0.25, 0.3) is 55.0 Å². The third-order valence-electron chi connectivity index (χ3n) is 7.82. The highest BCUT2D eigenvalue weighted by atomic mass is 15.0. The van der Waals surface area contributed by atoms with E-state index in [1.54, 1.807) is 0 Å². The fourth-order valence-corrected chi connectivity index (χ4v) is 5.82. The second-order valence-electron chi connectivity index (χ2n) is 9.80. The fourth-order valence-electron chi connectivity index (χ4n) is 5.82. The number of hydrogen-bond donors (Lipinski definition) is 0. The lowest BCUT2D eigenvalue weighted by molar-refractivity contribution is 0.733. The molecule has 36 heavy (non-hydrogen) atoms. The SMILES string of the molecule is CCC(C)c1ccc(-n2c3ccccc3c3ccc4c(c5ccccc5n4-c4ccccc4)c32)cc1. The van der Waals surface area contributed by atoms with Crippen LogP contribution in [0.2, 0.25) is 0 Å². The molecule has 2 nitrogen and oxygen atoms in total. The van der Waals surface area contributed by atoms with E-state index in [4.69, 9.17) is 0 Å². The summed E-state index contributed by atoms with van der Waals surface area (Å²) in [5.41, 5.74) is 8.77. The van der Waals surface area contributed by atoms with Crippen LogP contribution < -0.4 is 0 Å². The molecule has 0 radical (unpaired) electrons. The van der Waals surface area contributed by atoms with E-state index in [0.29, 0.717) is 5.92 Å². The van der Waals surface area contributed by atoms with Gasteiger partial charge in [0.05, 0.1) is 22.1 Å². The van der Waals surface area contributed by atoms with Gasteiger partial charge in [-0.25, -0.2) is 0 Å². The van der Waals surface area contributed by atoms with Crippen LogP contribution in [-0.2, 0) is 0 Å². The third kappa shape index (κ3) is 2.97. The molecule has 0 aliphatic rings. The van der Waals surface area contributed by atoms with Crippen LogP contribution in [0.15, 0.2) is 115 Å². The highest BCUT2D eigenvalue weighted by molar-refractivity contribution is 6.26. The number of benzene rings is 5. The Kier molecular flexibility index (Phi) is 4.75. The predicted molar refractivity (Wildman–Crippen MR) is 154 cm³/mol. The molecule has 7 rings (SSSR count). The van der Waals surface area contributed by atoms with Crippen molar-refractivity contribution in [1.29, 1.82) is 0 Å². The van der Waals surface area contributed by atoms with E-state index in [9.17, 15) is 0 Å². The van der Waals surface area contributed by atoms with E-state index < -0.39 is 0 Å². The molecule has 2 heteroatoms. The third-order valence-corrected chi connectivity index (χ3v) is 7.82. The Bertz CT molecular complexity index is 1870. The summed E-state index contributed by atoms with van der Waals surface area (Å²) < 4.78 is 4.87. The highest BCUT2D eigenvalue weighted by Crippen LogP contribution is 2.41. The van der Waals surface area contributed by atoms with Gasteiger partial charge in [-0.2, -0.15) is 0 Å². The van der Waals surface area contributed by atoms with Gasteiger partial charge in [-0.15, -0.1) is 0 Å². The lowest BCUT2D eigenvalue weighted by Gasteiger charge is -2.13. The maximum absolute atomic E-state index is 2.47. The van der Waals surface area contributed by atoms with Crippen molar-refractivity contribution in [3.63, 3.8) is 0 Å². The molecule has 0 spiro atoms. The van der Waals surface area contributed by atoms with Gasteiger partial charge in [0.2, 0.25) is 0 Å². The van der Waals surface area contributed by atoms with Crippen molar-refractivity contribution in [2.45, 2.75) is 26.2 Å². The summed E-state index contributed by atoms with van der Waals surface area (Å²) in [6.07, 6.45) is 1.15. The molecule has 5 aromatic carbocycles. The Balaban J connectivity index is 1.65. The minimum Gasteiger partial charge on any atom is -0.309 e. The highest BCUT2D eigenvalue weighted by Gasteiger charge is 2.20. The zero-order chi connectivity index (χ0) is 24.2. The summed E-state index contributed by atoms with van der Waals surface area (Å²) in [7, 11) is 0. The quantitative estimate of drug-likeness (QED) is 0.245. The second-order valence-corrected chi connectivity index (χ2v) is 9.80. The Morgan fingerprint density at radius 1 is 0.528 bits per heavy atom. The van der Waals surface area contributed by atoms with E-state index in [1.165, 1.54) is 60.5 Å². The first-order valence-corrected chi connectivity index (χ1v) is 12.9. The number of hydrogen-bond acceptors (Lipinski definition) is 0. The fraction of sp³-hybridized carbons (Fsp3) is 0.118. The maximum atomic E-state index is 2.47. The smallest absolute Gasteiger partial charge is 0.0641 e. The summed E-state index contributed by atoms with van der Waals surface area (Å²) >= 11 is 0. The summed E-state index contributed by atoms with van der Waals surface area (Å²) in [6.45, 7) is 4.56. The van der Waals surface area contributed by atoms with Crippen LogP contribution in [0.5, 0.6) is 0 Å². The zero-order valence-electron chi connectivity index (χ0n) is 20.6. The van der Waals surface area contributed by atoms with Crippen LogP contribution in [-0.4, -0.2) is 9.13 Å². The van der Waals surface area contributed by atoms with Crippen molar-refractivity contribution in [1.82, 2.24) is 9.13 Å². The summed E-state index contributed by atoms with van der Waals surface area (Å²) in [4.78, 5) is 0. The van der Waals surface area contributed by atoms with Crippen molar-refractivity contribution in [3.05, 3.63) is 121 Å². The molecule has 0 bridgehead atoms. The first-order chi connectivity index (χ1) is 17.8. The molecule has 174 valence electrons. The monoisotopic (exact) mass is 464 g/mol. The Morgan fingerprint density at radius 2 is 1.14 bits per heavy atom. The van der Waals surface area contributed by atoms with Gasteiger partial charge in [0.15, 0.2) is 0 Å². The molecule has 2 aromatic heterocycles. The lowest BCUT2D eigenvalue weighted by Crippen LogP contribution is -1.97. The molecule has 0 saturated heterocycles. The first kappa shape index (κ1) is 21.0. The number of rotatable bonds is 4. The molecule has 1 unspecified atom stereocenters. The molecule has 0 saturated carbocycles. The Morgan fingerprint density at radius 3 is 1.86 bits per heavy atom. The first-order valence-electron chi connectivity index (χ1n) is 12.9. The van der Waals surface area contributed by atoms with Crippen molar-refractivity contribution in [2.24, 2.45) is 0 Å². The average molecular weight is 465 g/mol. The van der Waals surface area contributed by atoms with Gasteiger partial charge < -0.3 is 9.13 Å². The zero-order valence-corrected chi connectivity index (χ0v) is 20.6. The van der Waals surface area contributed by atoms with Gasteiger partial charge in [0, 0.05) is 32.9 Å². The molecule has 0 amide bonds. The van der Waals surface area contributed by atoms with Gasteiger partial charge >= 0.3 is 0 Å². The molecular weight excluding hydrogens is 436 g/mol. The summed E-state index contributed by atoms with van der Waals surface area (Å²) in [5, 5.41) is 5.16. The molecule has 1 atom stereocenters. The van der Waals surface area contributed by atoms with E-state index in [2.05, 4.69) is 138 Å². The molecule has 0 fully saturated rings. The van der Waals surface area contributed by atoms with Crippen molar-refractivity contribution in [3.8, 4) is 11.4 Å². The second kappa shape index (κ2) is 8.13. The average Bonchev–Trinajstić information content (AvgIpc) is 3.46. The van der Waals surface area contributed by atoms with Crippen LogP contribution >= 0.6 is 0 Å². The molecule has 2 heterocycles. The number of aromatic nitrogens is 2. The molecule has 0 aliphatic heterocycles. The van der Waals surface area contributed by atoms with E-state index in [1.807, 2.05) is 0 Å². The topological polar surface area (TPSA) is 9.86 Å². The molecule has 0 N–H and O–H groups in total. The van der Waals surface area contributed by atoms with Crippen molar-refractivity contribution >= 4 is 43.6 Å². The van der Waals surface area contributed by atoms with Gasteiger partial charge in [-0.1, -0.05) is 86.6 Å². The van der Waals surface area contributed by atoms with Gasteiger partial charge in [0.25, 0.3) is 0 Å². The minimum atomic E-state index is 0.563. The molecular formula is C34H28N2. The Hall–Kier alpha value is -4.30. The minimum absolute atomic E-state index is 0.563. The van der Waals surface area contributed by atoms with Crippen LogP contribution in [0.3, 0.4) is 0 Å². The van der Waals surface area contributed by atoms with Crippen LogP contribution in [0, 0.1) is 0 Å². The molecule has 7 aromatic rings. The van der Waals surface area contributed by atoms with Gasteiger partial charge in [-0.05, 0) is 60.4 Å². The maximum Gasteiger partial charge on any atom is 0.0641 e. The predicted octanol–water partition coefficient (Wildman–Crippen LogP) is 9.39. The normalized spacial score (nSPS) is 12.7.